The number of methoxy groups -OCH3 is 1. The Balaban J connectivity index is 1.74. The summed E-state index contributed by atoms with van der Waals surface area (Å²) in [6, 6.07) is 10.7. The number of alkyl halides is 3. The molecule has 3 rings (SSSR count). The average Bonchev–Trinajstić information content (AvgIpc) is 2.89. The van der Waals surface area contributed by atoms with Gasteiger partial charge >= 0.3 is 6.36 Å². The van der Waals surface area contributed by atoms with E-state index in [-0.39, 0.29) is 12.2 Å². The van der Waals surface area contributed by atoms with Gasteiger partial charge in [0.1, 0.15) is 17.5 Å². The largest absolute Gasteiger partial charge is 0.573 e. The highest BCUT2D eigenvalue weighted by atomic mass is 19.4. The third-order valence-corrected chi connectivity index (χ3v) is 3.90. The molecule has 0 radical (unpaired) electrons. The number of imide groups is 1. The Morgan fingerprint density at radius 2 is 1.74 bits per heavy atom. The van der Waals surface area contributed by atoms with Crippen molar-refractivity contribution in [3.63, 3.8) is 0 Å². The SMILES string of the molecule is COc1ccccc1N1C(=O)C[C@@H](Nc2ccc(OC(F)(F)F)cc2)C1=O. The number of carbonyl (C=O) groups is 2. The van der Waals surface area contributed by atoms with Gasteiger partial charge in [0.15, 0.2) is 0 Å². The summed E-state index contributed by atoms with van der Waals surface area (Å²) in [5.41, 5.74) is 0.728. The Hall–Kier alpha value is -3.23. The maximum Gasteiger partial charge on any atom is 0.573 e. The number of amides is 2. The van der Waals surface area contributed by atoms with Gasteiger partial charge < -0.3 is 14.8 Å². The topological polar surface area (TPSA) is 67.9 Å². The number of rotatable bonds is 5. The lowest BCUT2D eigenvalue weighted by Crippen LogP contribution is -2.35. The first kappa shape index (κ1) is 18.6. The molecule has 2 aromatic carbocycles. The first-order chi connectivity index (χ1) is 12.8. The molecule has 142 valence electrons. The molecule has 2 aromatic rings. The standard InChI is InChI=1S/C18H15F3N2O4/c1-26-15-5-3-2-4-14(15)23-16(24)10-13(17(23)25)22-11-6-8-12(9-7-11)27-18(19,20)21/h2-9,13,22H,10H2,1H3/t13-/m1/s1. The van der Waals surface area contributed by atoms with E-state index < -0.39 is 24.2 Å². The number of nitrogens with zero attached hydrogens (tertiary/aromatic N) is 1. The summed E-state index contributed by atoms with van der Waals surface area (Å²) < 4.78 is 45.6. The monoisotopic (exact) mass is 380 g/mol. The van der Waals surface area contributed by atoms with Gasteiger partial charge in [-0.2, -0.15) is 0 Å². The summed E-state index contributed by atoms with van der Waals surface area (Å²) in [5, 5.41) is 2.86. The zero-order chi connectivity index (χ0) is 19.6. The highest BCUT2D eigenvalue weighted by molar-refractivity contribution is 6.23. The van der Waals surface area contributed by atoms with Crippen molar-refractivity contribution in [2.75, 3.05) is 17.3 Å². The van der Waals surface area contributed by atoms with Crippen LogP contribution in [0.25, 0.3) is 0 Å². The Kier molecular flexibility index (Phi) is 4.93. The second-order valence-electron chi connectivity index (χ2n) is 5.71. The predicted octanol–water partition coefficient (Wildman–Crippen LogP) is 3.34. The number of halogens is 3. The van der Waals surface area contributed by atoms with Crippen LogP contribution in [0, 0.1) is 0 Å². The highest BCUT2D eigenvalue weighted by Crippen LogP contribution is 2.33. The van der Waals surface area contributed by atoms with E-state index in [1.165, 1.54) is 19.2 Å². The van der Waals surface area contributed by atoms with Crippen molar-refractivity contribution in [2.45, 2.75) is 18.8 Å². The second kappa shape index (κ2) is 7.18. The summed E-state index contributed by atoms with van der Waals surface area (Å²) in [6.45, 7) is 0. The molecule has 27 heavy (non-hydrogen) atoms. The van der Waals surface area contributed by atoms with Crippen LogP contribution in [0.4, 0.5) is 24.5 Å². The van der Waals surface area contributed by atoms with Gasteiger partial charge in [-0.05, 0) is 36.4 Å². The molecule has 1 atom stereocenters. The van der Waals surface area contributed by atoms with Gasteiger partial charge in [0.25, 0.3) is 5.91 Å². The van der Waals surface area contributed by atoms with E-state index in [1.54, 1.807) is 24.3 Å². The van der Waals surface area contributed by atoms with Crippen molar-refractivity contribution in [2.24, 2.45) is 0 Å². The second-order valence-corrected chi connectivity index (χ2v) is 5.71. The van der Waals surface area contributed by atoms with Crippen LogP contribution in [-0.4, -0.2) is 31.3 Å². The number of ether oxygens (including phenoxy) is 2. The van der Waals surface area contributed by atoms with Crippen LogP contribution < -0.4 is 19.7 Å². The van der Waals surface area contributed by atoms with E-state index in [2.05, 4.69) is 10.1 Å². The molecular formula is C18H15F3N2O4. The Labute approximate surface area is 152 Å². The van der Waals surface area contributed by atoms with E-state index in [0.717, 1.165) is 17.0 Å². The van der Waals surface area contributed by atoms with Crippen LogP contribution in [0.2, 0.25) is 0 Å². The van der Waals surface area contributed by atoms with Gasteiger partial charge in [-0.25, -0.2) is 4.90 Å². The Morgan fingerprint density at radius 3 is 2.37 bits per heavy atom. The lowest BCUT2D eigenvalue weighted by atomic mass is 10.2. The number of hydrogen-bond donors (Lipinski definition) is 1. The molecule has 0 aliphatic carbocycles. The molecule has 0 bridgehead atoms. The molecule has 2 amide bonds. The summed E-state index contributed by atoms with van der Waals surface area (Å²) in [6.07, 6.45) is -4.87. The van der Waals surface area contributed by atoms with Crippen LogP contribution in [0.5, 0.6) is 11.5 Å². The molecule has 0 aromatic heterocycles. The summed E-state index contributed by atoms with van der Waals surface area (Å²) in [4.78, 5) is 26.0. The molecule has 1 heterocycles. The average molecular weight is 380 g/mol. The van der Waals surface area contributed by atoms with Crippen LogP contribution >= 0.6 is 0 Å². The molecular weight excluding hydrogens is 365 g/mol. The Bertz CT molecular complexity index is 852. The van der Waals surface area contributed by atoms with Gasteiger partial charge in [0.05, 0.1) is 19.2 Å². The first-order valence-corrected chi connectivity index (χ1v) is 7.90. The van der Waals surface area contributed by atoms with Gasteiger partial charge in [0, 0.05) is 5.69 Å². The number of nitrogens with one attached hydrogen (secondary N) is 1. The van der Waals surface area contributed by atoms with Crippen LogP contribution in [0.3, 0.4) is 0 Å². The summed E-state index contributed by atoms with van der Waals surface area (Å²) in [5.74, 6) is -0.870. The summed E-state index contributed by atoms with van der Waals surface area (Å²) in [7, 11) is 1.43. The van der Waals surface area contributed by atoms with E-state index in [9.17, 15) is 22.8 Å². The molecule has 0 saturated carbocycles. The fourth-order valence-corrected chi connectivity index (χ4v) is 2.77. The third-order valence-electron chi connectivity index (χ3n) is 3.90. The minimum atomic E-state index is -4.78. The van der Waals surface area contributed by atoms with Gasteiger partial charge in [-0.3, -0.25) is 9.59 Å². The van der Waals surface area contributed by atoms with Crippen molar-refractivity contribution in [1.29, 1.82) is 0 Å². The van der Waals surface area contributed by atoms with E-state index in [0.29, 0.717) is 17.1 Å². The molecule has 1 aliphatic heterocycles. The number of hydrogen-bond acceptors (Lipinski definition) is 5. The zero-order valence-electron chi connectivity index (χ0n) is 14.1. The minimum Gasteiger partial charge on any atom is -0.495 e. The lowest BCUT2D eigenvalue weighted by molar-refractivity contribution is -0.274. The van der Waals surface area contributed by atoms with Crippen molar-refractivity contribution in [1.82, 2.24) is 0 Å². The molecule has 0 unspecified atom stereocenters. The van der Waals surface area contributed by atoms with E-state index >= 15 is 0 Å². The quantitative estimate of drug-likeness (QED) is 0.806. The van der Waals surface area contributed by atoms with Crippen molar-refractivity contribution >= 4 is 23.2 Å². The van der Waals surface area contributed by atoms with Gasteiger partial charge in [-0.1, -0.05) is 12.1 Å². The van der Waals surface area contributed by atoms with Gasteiger partial charge in [-0.15, -0.1) is 13.2 Å². The third kappa shape index (κ3) is 4.13. The molecule has 1 saturated heterocycles. The summed E-state index contributed by atoms with van der Waals surface area (Å²) >= 11 is 0. The maximum atomic E-state index is 12.7. The lowest BCUT2D eigenvalue weighted by Gasteiger charge is -2.18. The molecule has 6 nitrogen and oxygen atoms in total. The minimum absolute atomic E-state index is 0.0856. The van der Waals surface area contributed by atoms with E-state index in [4.69, 9.17) is 4.74 Å². The van der Waals surface area contributed by atoms with Crippen molar-refractivity contribution < 1.29 is 32.2 Å². The van der Waals surface area contributed by atoms with Crippen LogP contribution in [0.1, 0.15) is 6.42 Å². The van der Waals surface area contributed by atoms with Crippen molar-refractivity contribution in [3.05, 3.63) is 48.5 Å². The van der Waals surface area contributed by atoms with Crippen LogP contribution in [-0.2, 0) is 9.59 Å². The number of benzene rings is 2. The zero-order valence-corrected chi connectivity index (χ0v) is 14.1. The highest BCUT2D eigenvalue weighted by Gasteiger charge is 2.40. The van der Waals surface area contributed by atoms with Crippen LogP contribution in [0.15, 0.2) is 48.5 Å². The first-order valence-electron chi connectivity index (χ1n) is 7.90. The Morgan fingerprint density at radius 1 is 1.07 bits per heavy atom. The van der Waals surface area contributed by atoms with Crippen molar-refractivity contribution in [3.8, 4) is 11.5 Å². The fourth-order valence-electron chi connectivity index (χ4n) is 2.77. The number of anilines is 2. The predicted molar refractivity (Wildman–Crippen MR) is 90.6 cm³/mol. The molecule has 1 N–H and O–H groups in total. The number of para-hydroxylation sites is 2. The van der Waals surface area contributed by atoms with Gasteiger partial charge in [0.2, 0.25) is 5.91 Å². The molecule has 9 heteroatoms. The normalized spacial score (nSPS) is 17.2. The fraction of sp³-hybridized carbons (Fsp3) is 0.222. The molecule has 0 spiro atoms. The molecule has 1 fully saturated rings. The number of carbonyl (C=O) groups excluding carboxylic acids is 2. The molecule has 1 aliphatic rings. The maximum absolute atomic E-state index is 12.7. The smallest absolute Gasteiger partial charge is 0.495 e. The van der Waals surface area contributed by atoms with E-state index in [1.807, 2.05) is 0 Å².